The summed E-state index contributed by atoms with van der Waals surface area (Å²) in [4.78, 5) is 12.8. The molecule has 2 aromatic carbocycles. The summed E-state index contributed by atoms with van der Waals surface area (Å²) in [5.41, 5.74) is -1.21. The Labute approximate surface area is 203 Å². The Morgan fingerprint density at radius 2 is 1.63 bits per heavy atom. The van der Waals surface area contributed by atoms with Crippen molar-refractivity contribution in [2.24, 2.45) is 11.0 Å². The van der Waals surface area contributed by atoms with Crippen LogP contribution in [0.15, 0.2) is 59.7 Å². The third-order valence-corrected chi connectivity index (χ3v) is 7.21. The van der Waals surface area contributed by atoms with Crippen molar-refractivity contribution < 1.29 is 27.8 Å². The van der Waals surface area contributed by atoms with Gasteiger partial charge in [0.15, 0.2) is 6.61 Å². The van der Waals surface area contributed by atoms with Crippen LogP contribution in [0.5, 0.6) is 5.75 Å². The molecule has 35 heavy (non-hydrogen) atoms. The molecule has 1 aliphatic carbocycles. The first-order valence-corrected chi connectivity index (χ1v) is 12.0. The number of carbonyl (C=O) groups is 1. The molecule has 5 nitrogen and oxygen atoms in total. The summed E-state index contributed by atoms with van der Waals surface area (Å²) in [6.07, 6.45) is -1.47. The number of halogens is 3. The first-order chi connectivity index (χ1) is 16.5. The molecule has 1 aliphatic heterocycles. The maximum Gasteiger partial charge on any atom is 0.438 e. The highest BCUT2D eigenvalue weighted by Gasteiger charge is 2.63. The molecule has 1 fully saturated rings. The number of amides is 1. The minimum Gasteiger partial charge on any atom is -0.484 e. The van der Waals surface area contributed by atoms with Gasteiger partial charge in [-0.15, -0.1) is 0 Å². The average Bonchev–Trinajstić information content (AvgIpc) is 3.23. The Morgan fingerprint density at radius 1 is 1.03 bits per heavy atom. The molecule has 1 heterocycles. The molecule has 1 atom stereocenters. The number of carbonyl (C=O) groups excluding carboxylic acids is 1. The first-order valence-electron chi connectivity index (χ1n) is 12.0. The standard InChI is InChI=1S/C27H31F3N2O3/c1-25(2,20-11-7-4-8-12-20)21-13-15-22(16-14-21)35-18-24(33)32-26(34,27(28,29)30)17-23(31-32)19-9-5-3-6-10-19/h4,7-8,11-16,19,34H,3,5-6,9-10,17-18H2,1-2H3/t26-/m1/s1. The van der Waals surface area contributed by atoms with E-state index in [2.05, 4.69) is 18.9 Å². The number of ether oxygens (including phenoxy) is 1. The van der Waals surface area contributed by atoms with Crippen LogP contribution in [-0.4, -0.2) is 40.2 Å². The molecular formula is C27H31F3N2O3. The van der Waals surface area contributed by atoms with Crippen LogP contribution in [0.25, 0.3) is 0 Å². The van der Waals surface area contributed by atoms with Crippen molar-refractivity contribution in [3.8, 4) is 5.75 Å². The van der Waals surface area contributed by atoms with E-state index in [-0.39, 0.29) is 22.1 Å². The van der Waals surface area contributed by atoms with Crippen LogP contribution in [0.2, 0.25) is 0 Å². The topological polar surface area (TPSA) is 62.1 Å². The fourth-order valence-corrected chi connectivity index (χ4v) is 4.91. The lowest BCUT2D eigenvalue weighted by atomic mass is 9.78. The van der Waals surface area contributed by atoms with Gasteiger partial charge in [-0.2, -0.15) is 23.3 Å². The van der Waals surface area contributed by atoms with Crippen molar-refractivity contribution in [1.82, 2.24) is 5.01 Å². The van der Waals surface area contributed by atoms with Gasteiger partial charge in [-0.05, 0) is 42.0 Å². The van der Waals surface area contributed by atoms with Gasteiger partial charge < -0.3 is 9.84 Å². The zero-order valence-corrected chi connectivity index (χ0v) is 20.0. The summed E-state index contributed by atoms with van der Waals surface area (Å²) < 4.78 is 46.9. The summed E-state index contributed by atoms with van der Waals surface area (Å²) >= 11 is 0. The number of rotatable bonds is 6. The van der Waals surface area contributed by atoms with Crippen LogP contribution in [0.3, 0.4) is 0 Å². The number of alkyl halides is 3. The molecule has 1 N–H and O–H groups in total. The number of benzene rings is 2. The lowest BCUT2D eigenvalue weighted by Crippen LogP contribution is -2.57. The second-order valence-electron chi connectivity index (χ2n) is 9.93. The number of hydrazone groups is 1. The van der Waals surface area contributed by atoms with Gasteiger partial charge in [0.2, 0.25) is 0 Å². The minimum absolute atomic E-state index is 0.142. The molecular weight excluding hydrogens is 457 g/mol. The highest BCUT2D eigenvalue weighted by atomic mass is 19.4. The Balaban J connectivity index is 1.46. The molecule has 0 unspecified atom stereocenters. The average molecular weight is 489 g/mol. The summed E-state index contributed by atoms with van der Waals surface area (Å²) in [5, 5.41) is 14.7. The van der Waals surface area contributed by atoms with Crippen LogP contribution < -0.4 is 4.74 Å². The zero-order chi connectivity index (χ0) is 25.3. The smallest absolute Gasteiger partial charge is 0.438 e. The number of hydrogen-bond donors (Lipinski definition) is 1. The maximum atomic E-state index is 13.8. The van der Waals surface area contributed by atoms with Crippen LogP contribution in [-0.2, 0) is 10.2 Å². The fraction of sp³-hybridized carbons (Fsp3) is 0.481. The fourth-order valence-electron chi connectivity index (χ4n) is 4.91. The van der Waals surface area contributed by atoms with Gasteiger partial charge in [-0.25, -0.2) is 0 Å². The molecule has 0 spiro atoms. The van der Waals surface area contributed by atoms with Crippen molar-refractivity contribution in [3.63, 3.8) is 0 Å². The molecule has 0 radical (unpaired) electrons. The van der Waals surface area contributed by atoms with E-state index in [1.807, 2.05) is 42.5 Å². The molecule has 0 bridgehead atoms. The van der Waals surface area contributed by atoms with Gasteiger partial charge in [0.25, 0.3) is 11.6 Å². The third kappa shape index (κ3) is 5.08. The Kier molecular flexibility index (Phi) is 6.95. The molecule has 2 aliphatic rings. The summed E-state index contributed by atoms with van der Waals surface area (Å²) in [6.45, 7) is 3.52. The van der Waals surface area contributed by atoms with Gasteiger partial charge in [0.1, 0.15) is 5.75 Å². The highest BCUT2D eigenvalue weighted by molar-refractivity contribution is 5.92. The summed E-state index contributed by atoms with van der Waals surface area (Å²) in [6, 6.07) is 17.1. The van der Waals surface area contributed by atoms with E-state index in [0.717, 1.165) is 43.2 Å². The molecule has 0 saturated heterocycles. The van der Waals surface area contributed by atoms with Crippen molar-refractivity contribution in [2.75, 3.05) is 6.61 Å². The molecule has 8 heteroatoms. The van der Waals surface area contributed by atoms with Gasteiger partial charge in [-0.1, -0.05) is 75.6 Å². The number of nitrogens with zero attached hydrogens (tertiary/aromatic N) is 2. The zero-order valence-electron chi connectivity index (χ0n) is 20.0. The van der Waals surface area contributed by atoms with Crippen molar-refractivity contribution in [1.29, 1.82) is 0 Å². The van der Waals surface area contributed by atoms with Crippen LogP contribution in [0.1, 0.15) is 63.5 Å². The second kappa shape index (κ2) is 9.64. The highest BCUT2D eigenvalue weighted by Crippen LogP contribution is 2.43. The van der Waals surface area contributed by atoms with Crippen molar-refractivity contribution in [2.45, 2.75) is 69.7 Å². The van der Waals surface area contributed by atoms with E-state index >= 15 is 0 Å². The molecule has 188 valence electrons. The monoisotopic (exact) mass is 488 g/mol. The number of aliphatic hydroxyl groups is 1. The Bertz CT molecular complexity index is 1060. The lowest BCUT2D eigenvalue weighted by molar-refractivity contribution is -0.302. The predicted octanol–water partition coefficient (Wildman–Crippen LogP) is 5.81. The van der Waals surface area contributed by atoms with Gasteiger partial charge >= 0.3 is 6.18 Å². The third-order valence-electron chi connectivity index (χ3n) is 7.21. The second-order valence-corrected chi connectivity index (χ2v) is 9.93. The maximum absolute atomic E-state index is 13.8. The molecule has 1 amide bonds. The van der Waals surface area contributed by atoms with Gasteiger partial charge in [-0.3, -0.25) is 4.79 Å². The summed E-state index contributed by atoms with van der Waals surface area (Å²) in [7, 11) is 0. The van der Waals surface area contributed by atoms with E-state index in [1.165, 1.54) is 0 Å². The predicted molar refractivity (Wildman–Crippen MR) is 127 cm³/mol. The van der Waals surface area contributed by atoms with E-state index < -0.39 is 30.8 Å². The SMILES string of the molecule is CC(C)(c1ccccc1)c1ccc(OCC(=O)N2N=C(C3CCCCC3)C[C@@]2(O)C(F)(F)F)cc1. The minimum atomic E-state index is -5.03. The van der Waals surface area contributed by atoms with E-state index in [4.69, 9.17) is 4.74 Å². The van der Waals surface area contributed by atoms with E-state index in [0.29, 0.717) is 5.75 Å². The van der Waals surface area contributed by atoms with Gasteiger partial charge in [0, 0.05) is 17.5 Å². The van der Waals surface area contributed by atoms with Crippen molar-refractivity contribution in [3.05, 3.63) is 65.7 Å². The lowest BCUT2D eigenvalue weighted by Gasteiger charge is -2.32. The summed E-state index contributed by atoms with van der Waals surface area (Å²) in [5.74, 6) is -0.835. The van der Waals surface area contributed by atoms with Crippen molar-refractivity contribution >= 4 is 11.6 Å². The molecule has 2 aromatic rings. The largest absolute Gasteiger partial charge is 0.484 e. The van der Waals surface area contributed by atoms with E-state index in [9.17, 15) is 23.1 Å². The van der Waals surface area contributed by atoms with Gasteiger partial charge in [0.05, 0.1) is 0 Å². The first kappa shape index (κ1) is 25.2. The normalized spacial score (nSPS) is 21.7. The molecule has 0 aromatic heterocycles. The number of hydrogen-bond acceptors (Lipinski definition) is 4. The van der Waals surface area contributed by atoms with Crippen LogP contribution in [0, 0.1) is 5.92 Å². The molecule has 1 saturated carbocycles. The van der Waals surface area contributed by atoms with E-state index in [1.54, 1.807) is 12.1 Å². The van der Waals surface area contributed by atoms with Crippen LogP contribution in [0.4, 0.5) is 13.2 Å². The Morgan fingerprint density at radius 3 is 2.23 bits per heavy atom. The van der Waals surface area contributed by atoms with Crippen LogP contribution >= 0.6 is 0 Å². The Hall–Kier alpha value is -2.87. The molecule has 4 rings (SSSR count). The quantitative estimate of drug-likeness (QED) is 0.558.